The molecule has 378 valence electrons. The molecule has 0 bridgehead atoms. The minimum atomic E-state index is -2.04. The molecule has 0 radical (unpaired) electrons. The van der Waals surface area contributed by atoms with Crippen LogP contribution in [0.2, 0.25) is 0 Å². The van der Waals surface area contributed by atoms with Crippen LogP contribution in [0.15, 0.2) is 18.2 Å². The van der Waals surface area contributed by atoms with E-state index >= 15 is 0 Å². The van der Waals surface area contributed by atoms with Gasteiger partial charge in [0.1, 0.15) is 12.1 Å². The lowest BCUT2D eigenvalue weighted by atomic mass is 9.44. The lowest BCUT2D eigenvalue weighted by Crippen LogP contribution is -2.54. The van der Waals surface area contributed by atoms with Crippen LogP contribution in [0.25, 0.3) is 0 Å². The quantitative estimate of drug-likeness (QED) is 0.0292. The predicted molar refractivity (Wildman–Crippen MR) is 252 cm³/mol. The number of carbonyl (C=O) groups is 6. The Morgan fingerprint density at radius 1 is 0.765 bits per heavy atom. The van der Waals surface area contributed by atoms with Gasteiger partial charge in [0.25, 0.3) is 11.6 Å². The first-order valence-electron chi connectivity index (χ1n) is 24.8. The molecule has 5 rings (SSSR count). The van der Waals surface area contributed by atoms with E-state index in [-0.39, 0.29) is 79.6 Å². The highest BCUT2D eigenvalue weighted by Gasteiger charge is 2.60. The summed E-state index contributed by atoms with van der Waals surface area (Å²) in [5, 5.41) is 73.3. The monoisotopic (exact) mass is 955 g/mol. The number of likely N-dealkylation sites (N-methyl/N-ethyl adjacent to an activating group) is 1. The summed E-state index contributed by atoms with van der Waals surface area (Å²) in [7, 11) is -0.491. The fourth-order valence-electron chi connectivity index (χ4n) is 12.9. The molecule has 4 amide bonds. The van der Waals surface area contributed by atoms with Crippen LogP contribution in [0.1, 0.15) is 147 Å². The molecule has 68 heavy (non-hydrogen) atoms. The number of amides is 4. The number of rotatable bonds is 25. The molecule has 4 aliphatic rings. The Morgan fingerprint density at radius 2 is 1.41 bits per heavy atom. The highest BCUT2D eigenvalue weighted by Crippen LogP contribution is 2.68. The molecule has 1 aromatic rings. The number of benzene rings is 1. The molecular formula is C48H75BN6O13. The summed E-state index contributed by atoms with van der Waals surface area (Å²) in [6.45, 7) is 7.46. The Hall–Kier alpha value is -4.66. The van der Waals surface area contributed by atoms with Crippen LogP contribution in [0.3, 0.4) is 0 Å². The first kappa shape index (κ1) is 54.3. The van der Waals surface area contributed by atoms with Gasteiger partial charge in [-0.2, -0.15) is 0 Å². The van der Waals surface area contributed by atoms with Crippen molar-refractivity contribution in [3.8, 4) is 0 Å². The third-order valence-corrected chi connectivity index (χ3v) is 16.7. The molecule has 4 saturated carbocycles. The number of carbonyl (C=O) groups excluding carboxylic acids is 4. The summed E-state index contributed by atoms with van der Waals surface area (Å²) in [6.07, 6.45) is 12.2. The van der Waals surface area contributed by atoms with Gasteiger partial charge in [0.05, 0.1) is 17.1 Å². The van der Waals surface area contributed by atoms with Gasteiger partial charge in [-0.3, -0.25) is 29.3 Å². The summed E-state index contributed by atoms with van der Waals surface area (Å²) < 4.78 is 0. The fourth-order valence-corrected chi connectivity index (χ4v) is 12.9. The highest BCUT2D eigenvalue weighted by molar-refractivity contribution is 6.58. The number of nitro groups is 1. The molecule has 0 spiro atoms. The molecular weight excluding hydrogens is 879 g/mol. The lowest BCUT2D eigenvalue weighted by Gasteiger charge is -2.61. The molecule has 12 atom stereocenters. The van der Waals surface area contributed by atoms with Crippen molar-refractivity contribution in [3.63, 3.8) is 0 Å². The smallest absolute Gasteiger partial charge is 0.480 e. The van der Waals surface area contributed by atoms with Gasteiger partial charge < -0.3 is 52.0 Å². The number of nitro benzene ring substituents is 1. The number of aliphatic carboxylic acids is 2. The number of fused-ring (bicyclic) bond motifs is 5. The maximum absolute atomic E-state index is 13.1. The van der Waals surface area contributed by atoms with Crippen molar-refractivity contribution >= 4 is 53.8 Å². The molecule has 0 aliphatic heterocycles. The molecule has 0 aromatic heterocycles. The third kappa shape index (κ3) is 13.6. The highest BCUT2D eigenvalue weighted by atomic mass is 16.6. The van der Waals surface area contributed by atoms with Crippen molar-refractivity contribution < 1.29 is 59.1 Å². The summed E-state index contributed by atoms with van der Waals surface area (Å²) in [5.74, 6) is -0.928. The maximum Gasteiger partial charge on any atom is 0.488 e. The fraction of sp³-hybridized carbons (Fsp3) is 0.750. The van der Waals surface area contributed by atoms with Gasteiger partial charge in [0, 0.05) is 43.6 Å². The number of carboxylic acids is 2. The Bertz CT molecular complexity index is 1970. The van der Waals surface area contributed by atoms with E-state index < -0.39 is 59.6 Å². The van der Waals surface area contributed by atoms with E-state index in [0.717, 1.165) is 55.7 Å². The zero-order chi connectivity index (χ0) is 49.9. The van der Waals surface area contributed by atoms with Crippen LogP contribution in [0, 0.1) is 56.5 Å². The van der Waals surface area contributed by atoms with Crippen molar-refractivity contribution in [2.24, 2.45) is 46.3 Å². The normalized spacial score (nSPS) is 28.0. The first-order chi connectivity index (χ1) is 32.2. The van der Waals surface area contributed by atoms with Gasteiger partial charge in [-0.25, -0.2) is 9.59 Å². The zero-order valence-corrected chi connectivity index (χ0v) is 40.2. The number of unbranched alkanes of at least 4 members (excludes halogenated alkanes) is 1. The largest absolute Gasteiger partial charge is 0.488 e. The van der Waals surface area contributed by atoms with Gasteiger partial charge in [0.15, 0.2) is 0 Å². The maximum atomic E-state index is 13.1. The summed E-state index contributed by atoms with van der Waals surface area (Å²) >= 11 is 0. The second kappa shape index (κ2) is 24.3. The molecule has 1 aromatic carbocycles. The van der Waals surface area contributed by atoms with Crippen molar-refractivity contribution in [1.29, 1.82) is 0 Å². The van der Waals surface area contributed by atoms with Gasteiger partial charge in [-0.15, -0.1) is 0 Å². The molecule has 0 heterocycles. The van der Waals surface area contributed by atoms with E-state index in [1.54, 1.807) is 7.05 Å². The lowest BCUT2D eigenvalue weighted by molar-refractivity contribution is -0.384. The zero-order valence-electron chi connectivity index (χ0n) is 40.2. The van der Waals surface area contributed by atoms with Crippen molar-refractivity contribution in [3.05, 3.63) is 33.9 Å². The number of aliphatic hydroxyl groups is 1. The third-order valence-electron chi connectivity index (χ3n) is 16.7. The predicted octanol–water partition coefficient (Wildman–Crippen LogP) is 3.01. The van der Waals surface area contributed by atoms with E-state index in [9.17, 15) is 64.2 Å². The molecule has 10 N–H and O–H groups in total. The number of nitrogens with zero attached hydrogens (tertiary/aromatic N) is 1. The molecule has 10 unspecified atom stereocenters. The van der Waals surface area contributed by atoms with Crippen LogP contribution in [-0.2, 0) is 24.0 Å². The molecule has 20 heteroatoms. The van der Waals surface area contributed by atoms with Crippen LogP contribution in [0.4, 0.5) is 5.69 Å². The standard InChI is InChI=1S/C48H75BN6O13/c1-28(35-13-14-36-34-12-11-30-26-33(56)18-20-47(30,2)37(34)19-21-48(35,36)3)10-16-42(58)53-40(46(63)64)15-17-41(57)51-22-6-5-8-38(50-4)44(60)54-39(45(61)62)9-7-23-52-43(59)29-24-31(49(65)66)27-32(25-29)55(67)68/h24-25,27-28,30,33-40,50,56,65-66H,5-23,26H2,1-4H3,(H,51,57)(H,52,59)(H,53,58)(H,54,60)(H,61,62)(H,63,64)/t28?,30?,33?,34?,35?,36?,37?,38?,39?,40?,47-,48+/m1/s1. The summed E-state index contributed by atoms with van der Waals surface area (Å²) in [6, 6.07) is -0.258. The minimum Gasteiger partial charge on any atom is -0.480 e. The SMILES string of the molecule is CNC(CCCCNC(=O)CCC(NC(=O)CCC(C)C1CCC2C3CCC4CC(O)CC[C@@]4(C)C3CC[C@@]12C)C(=O)O)C(=O)NC(CCCNC(=O)c1cc(B(O)O)cc([N+](=O)[O-])c1)C(=O)O. The minimum absolute atomic E-state index is 0.0412. The van der Waals surface area contributed by atoms with Gasteiger partial charge in [-0.05, 0) is 168 Å². The number of nitrogens with one attached hydrogen (secondary N) is 5. The van der Waals surface area contributed by atoms with Gasteiger partial charge in [0.2, 0.25) is 17.7 Å². The van der Waals surface area contributed by atoms with E-state index in [0.29, 0.717) is 54.8 Å². The number of non-ortho nitro benzene ring substituents is 1. The summed E-state index contributed by atoms with van der Waals surface area (Å²) in [5.41, 5.74) is -0.401. The average Bonchev–Trinajstić information content (AvgIpc) is 3.66. The van der Waals surface area contributed by atoms with Crippen LogP contribution in [0.5, 0.6) is 0 Å². The van der Waals surface area contributed by atoms with E-state index in [2.05, 4.69) is 47.4 Å². The molecule has 19 nitrogen and oxygen atoms in total. The summed E-state index contributed by atoms with van der Waals surface area (Å²) in [4.78, 5) is 85.8. The van der Waals surface area contributed by atoms with Crippen LogP contribution >= 0.6 is 0 Å². The molecule has 4 fully saturated rings. The molecule has 4 aliphatic carbocycles. The Labute approximate surface area is 399 Å². The Morgan fingerprint density at radius 3 is 2.09 bits per heavy atom. The van der Waals surface area contributed by atoms with Crippen LogP contribution in [-0.4, -0.2) is 117 Å². The van der Waals surface area contributed by atoms with Gasteiger partial charge in [-0.1, -0.05) is 20.8 Å². The van der Waals surface area contributed by atoms with Crippen LogP contribution < -0.4 is 32.0 Å². The topological polar surface area (TPSA) is 307 Å². The first-order valence-corrected chi connectivity index (χ1v) is 24.8. The number of aliphatic hydroxyl groups excluding tert-OH is 1. The second-order valence-electron chi connectivity index (χ2n) is 20.8. The average molecular weight is 955 g/mol. The molecule has 0 saturated heterocycles. The van der Waals surface area contributed by atoms with Crippen molar-refractivity contribution in [2.45, 2.75) is 161 Å². The van der Waals surface area contributed by atoms with E-state index in [1.165, 1.54) is 32.1 Å². The second-order valence-corrected chi connectivity index (χ2v) is 20.8. The Balaban J connectivity index is 0.963. The Kier molecular flexibility index (Phi) is 19.4. The number of carboxylic acid groups (broad SMARTS) is 2. The van der Waals surface area contributed by atoms with E-state index in [4.69, 9.17) is 0 Å². The van der Waals surface area contributed by atoms with Gasteiger partial charge >= 0.3 is 19.1 Å². The van der Waals surface area contributed by atoms with Crippen molar-refractivity contribution in [1.82, 2.24) is 26.6 Å². The number of hydrogen-bond acceptors (Lipinski definition) is 12. The number of hydrogen-bond donors (Lipinski definition) is 10. The van der Waals surface area contributed by atoms with Crippen molar-refractivity contribution in [2.75, 3.05) is 20.1 Å². The van der Waals surface area contributed by atoms with E-state index in [1.807, 2.05) is 0 Å².